The fourth-order valence-corrected chi connectivity index (χ4v) is 2.90. The molecule has 0 radical (unpaired) electrons. The molecule has 0 aliphatic carbocycles. The molecule has 1 saturated heterocycles. The van der Waals surface area contributed by atoms with Crippen LogP contribution in [0.2, 0.25) is 0 Å². The number of rotatable bonds is 3. The SMILES string of the molecule is Cc1cc(C)nc(NC(=O)[C@H]2CCO[C@@H]2c2cnn(C)c2)c1. The van der Waals surface area contributed by atoms with Crippen molar-refractivity contribution in [1.29, 1.82) is 0 Å². The molecule has 2 atom stereocenters. The smallest absolute Gasteiger partial charge is 0.231 e. The lowest BCUT2D eigenvalue weighted by atomic mass is 9.96. The number of ether oxygens (including phenoxy) is 1. The second-order valence-corrected chi connectivity index (χ2v) is 5.79. The Bertz CT molecular complexity index is 675. The van der Waals surface area contributed by atoms with Crippen molar-refractivity contribution >= 4 is 11.7 Å². The van der Waals surface area contributed by atoms with Gasteiger partial charge >= 0.3 is 0 Å². The average Bonchev–Trinajstić information content (AvgIpc) is 3.05. The summed E-state index contributed by atoms with van der Waals surface area (Å²) in [5.41, 5.74) is 2.91. The highest BCUT2D eigenvalue weighted by atomic mass is 16.5. The number of hydrogen-bond acceptors (Lipinski definition) is 4. The number of carbonyl (C=O) groups is 1. The Balaban J connectivity index is 1.76. The van der Waals surface area contributed by atoms with Crippen LogP contribution in [0.15, 0.2) is 24.5 Å². The molecule has 0 saturated carbocycles. The van der Waals surface area contributed by atoms with Crippen LogP contribution in [0.5, 0.6) is 0 Å². The molecule has 3 heterocycles. The topological polar surface area (TPSA) is 69.0 Å². The summed E-state index contributed by atoms with van der Waals surface area (Å²) in [6.07, 6.45) is 4.12. The van der Waals surface area contributed by atoms with Crippen LogP contribution in [0.1, 0.15) is 29.3 Å². The number of aryl methyl sites for hydroxylation is 3. The fraction of sp³-hybridized carbons (Fsp3) is 0.438. The Morgan fingerprint density at radius 3 is 2.91 bits per heavy atom. The summed E-state index contributed by atoms with van der Waals surface area (Å²) in [5.74, 6) is 0.329. The third-order valence-electron chi connectivity index (χ3n) is 3.83. The quantitative estimate of drug-likeness (QED) is 0.943. The molecule has 0 unspecified atom stereocenters. The van der Waals surface area contributed by atoms with Gasteiger partial charge in [0.2, 0.25) is 5.91 Å². The first-order valence-electron chi connectivity index (χ1n) is 7.39. The molecule has 0 spiro atoms. The van der Waals surface area contributed by atoms with E-state index in [2.05, 4.69) is 15.4 Å². The van der Waals surface area contributed by atoms with Crippen LogP contribution >= 0.6 is 0 Å². The zero-order valence-electron chi connectivity index (χ0n) is 13.0. The van der Waals surface area contributed by atoms with E-state index in [-0.39, 0.29) is 17.9 Å². The molecule has 1 aliphatic rings. The maximum absolute atomic E-state index is 12.6. The zero-order valence-corrected chi connectivity index (χ0v) is 13.0. The normalized spacial score (nSPS) is 21.0. The Labute approximate surface area is 129 Å². The van der Waals surface area contributed by atoms with E-state index in [4.69, 9.17) is 4.74 Å². The van der Waals surface area contributed by atoms with Crippen molar-refractivity contribution in [3.05, 3.63) is 41.3 Å². The number of pyridine rings is 1. The first kappa shape index (κ1) is 14.7. The number of hydrogen-bond donors (Lipinski definition) is 1. The molecule has 2 aromatic heterocycles. The molecule has 0 aromatic carbocycles. The maximum Gasteiger partial charge on any atom is 0.231 e. The largest absolute Gasteiger partial charge is 0.373 e. The number of carbonyl (C=O) groups excluding carboxylic acids is 1. The van der Waals surface area contributed by atoms with Crippen LogP contribution < -0.4 is 5.32 Å². The molecule has 1 fully saturated rings. The first-order chi connectivity index (χ1) is 10.5. The number of aromatic nitrogens is 3. The van der Waals surface area contributed by atoms with Gasteiger partial charge in [0.1, 0.15) is 5.82 Å². The van der Waals surface area contributed by atoms with Crippen LogP contribution in [0.4, 0.5) is 5.82 Å². The molecule has 2 aromatic rings. The third kappa shape index (κ3) is 3.01. The van der Waals surface area contributed by atoms with Crippen molar-refractivity contribution in [2.75, 3.05) is 11.9 Å². The maximum atomic E-state index is 12.6. The number of anilines is 1. The van der Waals surface area contributed by atoms with Gasteiger partial charge in [0, 0.05) is 31.1 Å². The monoisotopic (exact) mass is 300 g/mol. The molecule has 1 N–H and O–H groups in total. The van der Waals surface area contributed by atoms with Gasteiger partial charge in [-0.2, -0.15) is 5.10 Å². The highest BCUT2D eigenvalue weighted by molar-refractivity contribution is 5.92. The van der Waals surface area contributed by atoms with Crippen LogP contribution in [0, 0.1) is 19.8 Å². The minimum atomic E-state index is -0.236. The molecule has 6 heteroatoms. The summed E-state index contributed by atoms with van der Waals surface area (Å²) < 4.78 is 7.46. The van der Waals surface area contributed by atoms with Crippen LogP contribution in [-0.2, 0) is 16.6 Å². The van der Waals surface area contributed by atoms with E-state index < -0.39 is 0 Å². The van der Waals surface area contributed by atoms with Gasteiger partial charge in [-0.05, 0) is 38.0 Å². The fourth-order valence-electron chi connectivity index (χ4n) is 2.90. The highest BCUT2D eigenvalue weighted by Gasteiger charge is 2.36. The summed E-state index contributed by atoms with van der Waals surface area (Å²) in [6.45, 7) is 4.49. The Morgan fingerprint density at radius 2 is 2.23 bits per heavy atom. The summed E-state index contributed by atoms with van der Waals surface area (Å²) in [6, 6.07) is 3.85. The second-order valence-electron chi connectivity index (χ2n) is 5.79. The molecular weight excluding hydrogens is 280 g/mol. The predicted octanol–water partition coefficient (Wildman–Crippen LogP) is 2.15. The van der Waals surface area contributed by atoms with Gasteiger partial charge in [-0.3, -0.25) is 9.48 Å². The summed E-state index contributed by atoms with van der Waals surface area (Å²) in [7, 11) is 1.85. The van der Waals surface area contributed by atoms with Crippen LogP contribution in [-0.4, -0.2) is 27.3 Å². The first-order valence-corrected chi connectivity index (χ1v) is 7.39. The van der Waals surface area contributed by atoms with Gasteiger partial charge in [0.25, 0.3) is 0 Å². The lowest BCUT2D eigenvalue weighted by molar-refractivity contribution is -0.121. The van der Waals surface area contributed by atoms with Crippen molar-refractivity contribution in [2.45, 2.75) is 26.4 Å². The van der Waals surface area contributed by atoms with Gasteiger partial charge in [0.15, 0.2) is 0 Å². The van der Waals surface area contributed by atoms with Crippen molar-refractivity contribution < 1.29 is 9.53 Å². The van der Waals surface area contributed by atoms with Crippen molar-refractivity contribution in [2.24, 2.45) is 13.0 Å². The Hall–Kier alpha value is -2.21. The zero-order chi connectivity index (χ0) is 15.7. The van der Waals surface area contributed by atoms with Crippen molar-refractivity contribution in [3.63, 3.8) is 0 Å². The Kier molecular flexibility index (Phi) is 3.94. The van der Waals surface area contributed by atoms with Crippen LogP contribution in [0.3, 0.4) is 0 Å². The van der Waals surface area contributed by atoms with E-state index in [0.717, 1.165) is 16.8 Å². The number of nitrogens with one attached hydrogen (secondary N) is 1. The van der Waals surface area contributed by atoms with E-state index in [1.54, 1.807) is 10.9 Å². The molecule has 1 aliphatic heterocycles. The second kappa shape index (κ2) is 5.88. The van der Waals surface area contributed by atoms with Crippen LogP contribution in [0.25, 0.3) is 0 Å². The third-order valence-corrected chi connectivity index (χ3v) is 3.83. The van der Waals surface area contributed by atoms with Gasteiger partial charge in [-0.15, -0.1) is 0 Å². The summed E-state index contributed by atoms with van der Waals surface area (Å²) >= 11 is 0. The summed E-state index contributed by atoms with van der Waals surface area (Å²) in [4.78, 5) is 16.9. The molecule has 1 amide bonds. The van der Waals surface area contributed by atoms with E-state index in [0.29, 0.717) is 18.8 Å². The van der Waals surface area contributed by atoms with E-state index in [1.807, 2.05) is 39.2 Å². The highest BCUT2D eigenvalue weighted by Crippen LogP contribution is 2.35. The number of amides is 1. The molecule has 0 bridgehead atoms. The minimum absolute atomic E-state index is 0.0520. The molecule has 6 nitrogen and oxygen atoms in total. The average molecular weight is 300 g/mol. The predicted molar refractivity (Wildman–Crippen MR) is 82.3 cm³/mol. The van der Waals surface area contributed by atoms with Gasteiger partial charge in [-0.1, -0.05) is 0 Å². The van der Waals surface area contributed by atoms with E-state index >= 15 is 0 Å². The summed E-state index contributed by atoms with van der Waals surface area (Å²) in [5, 5.41) is 7.07. The van der Waals surface area contributed by atoms with Gasteiger partial charge < -0.3 is 10.1 Å². The molecular formula is C16H20N4O2. The number of nitrogens with zero attached hydrogens (tertiary/aromatic N) is 3. The lowest BCUT2D eigenvalue weighted by Crippen LogP contribution is -2.25. The Morgan fingerprint density at radius 1 is 1.41 bits per heavy atom. The van der Waals surface area contributed by atoms with E-state index in [9.17, 15) is 4.79 Å². The van der Waals surface area contributed by atoms with Gasteiger partial charge in [0.05, 0.1) is 18.2 Å². The minimum Gasteiger partial charge on any atom is -0.373 e. The van der Waals surface area contributed by atoms with Gasteiger partial charge in [-0.25, -0.2) is 4.98 Å². The molecule has 116 valence electrons. The van der Waals surface area contributed by atoms with Crippen molar-refractivity contribution in [1.82, 2.24) is 14.8 Å². The van der Waals surface area contributed by atoms with Crippen molar-refractivity contribution in [3.8, 4) is 0 Å². The lowest BCUT2D eigenvalue weighted by Gasteiger charge is -2.17. The van der Waals surface area contributed by atoms with E-state index in [1.165, 1.54) is 0 Å². The molecule has 22 heavy (non-hydrogen) atoms. The standard InChI is InChI=1S/C16H20N4O2/c1-10-6-11(2)18-14(7-10)19-16(21)13-4-5-22-15(13)12-8-17-20(3)9-12/h6-9,13,15H,4-5H2,1-3H3,(H,18,19,21)/t13-,15+/m0/s1. The molecule has 3 rings (SSSR count).